The molecule has 2 aromatic heterocycles. The monoisotopic (exact) mass is 285 g/mol. The van der Waals surface area contributed by atoms with Crippen LogP contribution in [-0.4, -0.2) is 16.5 Å². The van der Waals surface area contributed by atoms with Crippen molar-refractivity contribution in [2.24, 2.45) is 0 Å². The first-order chi connectivity index (χ1) is 9.86. The Hall–Kier alpha value is -1.65. The van der Waals surface area contributed by atoms with E-state index >= 15 is 0 Å². The van der Waals surface area contributed by atoms with Crippen molar-refractivity contribution in [1.82, 2.24) is 15.3 Å². The Morgan fingerprint density at radius 1 is 1.30 bits per heavy atom. The summed E-state index contributed by atoms with van der Waals surface area (Å²) in [6, 6.07) is 8.46. The van der Waals surface area contributed by atoms with Gasteiger partial charge in [-0.15, -0.1) is 11.3 Å². The van der Waals surface area contributed by atoms with Gasteiger partial charge in [-0.3, -0.25) is 0 Å². The summed E-state index contributed by atoms with van der Waals surface area (Å²) in [6.07, 6.45) is 6.18. The average molecular weight is 285 g/mol. The smallest absolute Gasteiger partial charge is 0.0925 e. The fraction of sp³-hybridized carbons (Fsp3) is 0.312. The Kier molecular flexibility index (Phi) is 4.14. The van der Waals surface area contributed by atoms with Crippen LogP contribution in [0.2, 0.25) is 0 Å². The molecule has 0 fully saturated rings. The van der Waals surface area contributed by atoms with Crippen LogP contribution in [0.25, 0.3) is 10.9 Å². The van der Waals surface area contributed by atoms with Crippen LogP contribution >= 0.6 is 11.3 Å². The van der Waals surface area contributed by atoms with E-state index < -0.39 is 0 Å². The molecule has 0 bridgehead atoms. The molecule has 20 heavy (non-hydrogen) atoms. The Morgan fingerprint density at radius 2 is 2.20 bits per heavy atom. The molecule has 1 aromatic carbocycles. The van der Waals surface area contributed by atoms with E-state index in [1.165, 1.54) is 26.4 Å². The zero-order valence-corrected chi connectivity index (χ0v) is 12.5. The summed E-state index contributed by atoms with van der Waals surface area (Å²) in [4.78, 5) is 9.02. The summed E-state index contributed by atoms with van der Waals surface area (Å²) >= 11 is 1.80. The molecule has 0 aliphatic carbocycles. The summed E-state index contributed by atoms with van der Waals surface area (Å²) in [5.74, 6) is 0. The second-order valence-corrected chi connectivity index (χ2v) is 6.06. The number of aromatic nitrogens is 2. The van der Waals surface area contributed by atoms with Crippen LogP contribution in [0.5, 0.6) is 0 Å². The summed E-state index contributed by atoms with van der Waals surface area (Å²) < 4.78 is 0. The van der Waals surface area contributed by atoms with Crippen LogP contribution < -0.4 is 5.32 Å². The molecule has 0 aliphatic heterocycles. The molecule has 0 unspecified atom stereocenters. The van der Waals surface area contributed by atoms with E-state index in [0.29, 0.717) is 0 Å². The quantitative estimate of drug-likeness (QED) is 0.680. The van der Waals surface area contributed by atoms with Gasteiger partial charge in [0.15, 0.2) is 0 Å². The fourth-order valence-corrected chi connectivity index (χ4v) is 3.20. The topological polar surface area (TPSA) is 40.7 Å². The van der Waals surface area contributed by atoms with Crippen molar-refractivity contribution < 1.29 is 0 Å². The number of aryl methyl sites for hydroxylation is 1. The maximum atomic E-state index is 4.38. The van der Waals surface area contributed by atoms with E-state index in [0.717, 1.165) is 25.9 Å². The maximum Gasteiger partial charge on any atom is 0.0925 e. The van der Waals surface area contributed by atoms with Crippen LogP contribution in [0.4, 0.5) is 0 Å². The van der Waals surface area contributed by atoms with E-state index in [4.69, 9.17) is 0 Å². The Morgan fingerprint density at radius 3 is 3.05 bits per heavy atom. The minimum absolute atomic E-state index is 0.917. The minimum Gasteiger partial charge on any atom is -0.361 e. The number of benzene rings is 1. The van der Waals surface area contributed by atoms with Crippen LogP contribution in [-0.2, 0) is 19.4 Å². The molecule has 0 saturated heterocycles. The SMILES string of the molecule is CCc1ncc(CNCCc2c[nH]c3ccccc23)s1. The number of hydrogen-bond donors (Lipinski definition) is 2. The summed E-state index contributed by atoms with van der Waals surface area (Å²) in [5.41, 5.74) is 2.60. The Balaban J connectivity index is 1.52. The molecule has 0 spiro atoms. The highest BCUT2D eigenvalue weighted by Crippen LogP contribution is 2.18. The molecular formula is C16H19N3S. The second-order valence-electron chi connectivity index (χ2n) is 4.86. The van der Waals surface area contributed by atoms with Crippen molar-refractivity contribution >= 4 is 22.2 Å². The van der Waals surface area contributed by atoms with Gasteiger partial charge >= 0.3 is 0 Å². The highest BCUT2D eigenvalue weighted by Gasteiger charge is 2.03. The summed E-state index contributed by atoms with van der Waals surface area (Å²) in [6.45, 7) is 4.05. The van der Waals surface area contributed by atoms with Gasteiger partial charge in [-0.05, 0) is 31.0 Å². The molecule has 0 aliphatic rings. The third-order valence-corrected chi connectivity index (χ3v) is 4.59. The predicted molar refractivity (Wildman–Crippen MR) is 85.2 cm³/mol. The lowest BCUT2D eigenvalue weighted by molar-refractivity contribution is 0.694. The summed E-state index contributed by atoms with van der Waals surface area (Å²) in [5, 5.41) is 6.05. The Bertz CT molecular complexity index is 684. The molecule has 4 heteroatoms. The molecule has 0 saturated carbocycles. The van der Waals surface area contributed by atoms with Gasteiger partial charge in [0, 0.05) is 34.7 Å². The molecule has 3 aromatic rings. The number of nitrogens with zero attached hydrogens (tertiary/aromatic N) is 1. The van der Waals surface area contributed by atoms with E-state index in [-0.39, 0.29) is 0 Å². The van der Waals surface area contributed by atoms with E-state index in [1.807, 2.05) is 6.20 Å². The molecule has 3 rings (SSSR count). The third-order valence-electron chi connectivity index (χ3n) is 3.45. The number of rotatable bonds is 6. The van der Waals surface area contributed by atoms with Crippen molar-refractivity contribution in [2.75, 3.05) is 6.54 Å². The van der Waals surface area contributed by atoms with Crippen LogP contribution in [0.15, 0.2) is 36.7 Å². The van der Waals surface area contributed by atoms with Gasteiger partial charge in [0.25, 0.3) is 0 Å². The lowest BCUT2D eigenvalue weighted by Gasteiger charge is -2.02. The first-order valence-electron chi connectivity index (χ1n) is 7.06. The predicted octanol–water partition coefficient (Wildman–Crippen LogP) is 3.52. The van der Waals surface area contributed by atoms with Crippen molar-refractivity contribution in [2.45, 2.75) is 26.3 Å². The molecule has 2 N–H and O–H groups in total. The van der Waals surface area contributed by atoms with Crippen molar-refractivity contribution in [3.05, 3.63) is 52.1 Å². The van der Waals surface area contributed by atoms with Crippen LogP contribution in [0.3, 0.4) is 0 Å². The van der Waals surface area contributed by atoms with Gasteiger partial charge in [-0.2, -0.15) is 0 Å². The highest BCUT2D eigenvalue weighted by molar-refractivity contribution is 7.11. The largest absolute Gasteiger partial charge is 0.361 e. The standard InChI is InChI=1S/C16H19N3S/c1-2-16-19-11-13(20-16)10-17-8-7-12-9-18-15-6-4-3-5-14(12)15/h3-6,9,11,17-18H,2,7-8,10H2,1H3. The van der Waals surface area contributed by atoms with Crippen molar-refractivity contribution in [3.63, 3.8) is 0 Å². The highest BCUT2D eigenvalue weighted by atomic mass is 32.1. The zero-order valence-electron chi connectivity index (χ0n) is 11.6. The van der Waals surface area contributed by atoms with Crippen LogP contribution in [0.1, 0.15) is 22.4 Å². The van der Waals surface area contributed by atoms with Gasteiger partial charge in [-0.25, -0.2) is 4.98 Å². The number of para-hydroxylation sites is 1. The fourth-order valence-electron chi connectivity index (χ4n) is 2.37. The number of thiazole rings is 1. The van der Waals surface area contributed by atoms with Crippen LogP contribution in [0, 0.1) is 0 Å². The number of nitrogens with one attached hydrogen (secondary N) is 2. The number of aromatic amines is 1. The summed E-state index contributed by atoms with van der Waals surface area (Å²) in [7, 11) is 0. The van der Waals surface area contributed by atoms with Gasteiger partial charge in [0.2, 0.25) is 0 Å². The third kappa shape index (κ3) is 2.92. The maximum absolute atomic E-state index is 4.38. The molecule has 0 radical (unpaired) electrons. The molecular weight excluding hydrogens is 266 g/mol. The molecule has 0 atom stereocenters. The lowest BCUT2D eigenvalue weighted by atomic mass is 10.1. The second kappa shape index (κ2) is 6.20. The van der Waals surface area contributed by atoms with E-state index in [9.17, 15) is 0 Å². The number of H-pyrrole nitrogens is 1. The molecule has 104 valence electrons. The van der Waals surface area contributed by atoms with E-state index in [2.05, 4.69) is 52.7 Å². The lowest BCUT2D eigenvalue weighted by Crippen LogP contribution is -2.15. The molecule has 3 nitrogen and oxygen atoms in total. The first kappa shape index (κ1) is 13.3. The number of hydrogen-bond acceptors (Lipinski definition) is 3. The number of fused-ring (bicyclic) bond motifs is 1. The molecule has 0 amide bonds. The van der Waals surface area contributed by atoms with Gasteiger partial charge in [0.1, 0.15) is 0 Å². The minimum atomic E-state index is 0.917. The van der Waals surface area contributed by atoms with E-state index in [1.54, 1.807) is 11.3 Å². The normalized spacial score (nSPS) is 11.2. The van der Waals surface area contributed by atoms with Gasteiger partial charge < -0.3 is 10.3 Å². The van der Waals surface area contributed by atoms with Gasteiger partial charge in [0.05, 0.1) is 5.01 Å². The van der Waals surface area contributed by atoms with Crippen molar-refractivity contribution in [1.29, 1.82) is 0 Å². The van der Waals surface area contributed by atoms with Gasteiger partial charge in [-0.1, -0.05) is 25.1 Å². The average Bonchev–Trinajstić information content (AvgIpc) is 3.10. The zero-order chi connectivity index (χ0) is 13.8. The van der Waals surface area contributed by atoms with Crippen molar-refractivity contribution in [3.8, 4) is 0 Å². The molecule has 2 heterocycles. The first-order valence-corrected chi connectivity index (χ1v) is 7.87. The Labute approximate surface area is 123 Å².